The lowest BCUT2D eigenvalue weighted by Gasteiger charge is -2.06. The summed E-state index contributed by atoms with van der Waals surface area (Å²) in [5.74, 6) is 0.0000947. The van der Waals surface area contributed by atoms with Crippen LogP contribution in [-0.2, 0) is 10.0 Å². The number of azo groups is 1. The van der Waals surface area contributed by atoms with E-state index in [0.717, 1.165) is 5.39 Å². The molecule has 0 fully saturated rings. The van der Waals surface area contributed by atoms with Crippen molar-refractivity contribution in [2.24, 2.45) is 10.2 Å². The highest BCUT2D eigenvalue weighted by Gasteiger charge is 2.15. The molecule has 0 spiro atoms. The molecule has 2 heterocycles. The van der Waals surface area contributed by atoms with Gasteiger partial charge in [0.25, 0.3) is 10.0 Å². The van der Waals surface area contributed by atoms with Gasteiger partial charge in [-0.15, -0.1) is 5.11 Å². The van der Waals surface area contributed by atoms with Crippen molar-refractivity contribution in [3.05, 3.63) is 73.2 Å². The lowest BCUT2D eigenvalue weighted by atomic mass is 10.1. The van der Waals surface area contributed by atoms with Gasteiger partial charge in [0, 0.05) is 24.0 Å². The third-order valence-corrected chi connectivity index (χ3v) is 5.33. The predicted molar refractivity (Wildman–Crippen MR) is 110 cm³/mol. The van der Waals surface area contributed by atoms with Gasteiger partial charge in [-0.25, -0.2) is 23.1 Å². The van der Waals surface area contributed by atoms with Gasteiger partial charge in [-0.2, -0.15) is 5.11 Å². The Bertz CT molecular complexity index is 1290. The Morgan fingerprint density at radius 3 is 2.31 bits per heavy atom. The molecule has 0 saturated carbocycles. The van der Waals surface area contributed by atoms with Gasteiger partial charge in [0.2, 0.25) is 5.95 Å². The Kier molecular flexibility index (Phi) is 4.83. The molecule has 2 aromatic heterocycles. The lowest BCUT2D eigenvalue weighted by Crippen LogP contribution is -2.14. The molecule has 0 radical (unpaired) electrons. The van der Waals surface area contributed by atoms with Gasteiger partial charge in [0.1, 0.15) is 0 Å². The average molecular weight is 405 g/mol. The zero-order valence-electron chi connectivity index (χ0n) is 15.0. The second-order valence-corrected chi connectivity index (χ2v) is 7.63. The largest absolute Gasteiger partial charge is 0.397 e. The molecular weight excluding hydrogens is 390 g/mol. The Balaban J connectivity index is 1.57. The van der Waals surface area contributed by atoms with Gasteiger partial charge in [-0.1, -0.05) is 0 Å². The van der Waals surface area contributed by atoms with E-state index in [-0.39, 0.29) is 10.8 Å². The monoisotopic (exact) mass is 405 g/mol. The third kappa shape index (κ3) is 4.01. The quantitative estimate of drug-likeness (QED) is 0.383. The summed E-state index contributed by atoms with van der Waals surface area (Å²) in [6.45, 7) is 0. The number of aromatic nitrogens is 3. The molecule has 10 heteroatoms. The van der Waals surface area contributed by atoms with Crippen LogP contribution in [0, 0.1) is 0 Å². The maximum absolute atomic E-state index is 12.4. The predicted octanol–water partition coefficient (Wildman–Crippen LogP) is 3.82. The highest BCUT2D eigenvalue weighted by Crippen LogP contribution is 2.30. The summed E-state index contributed by atoms with van der Waals surface area (Å²) in [6, 6.07) is 14.7. The smallest absolute Gasteiger partial charge is 0.264 e. The summed E-state index contributed by atoms with van der Waals surface area (Å²) in [5, 5.41) is 9.21. The number of sulfonamides is 1. The van der Waals surface area contributed by atoms with Crippen LogP contribution in [0.5, 0.6) is 0 Å². The highest BCUT2D eigenvalue weighted by atomic mass is 32.2. The van der Waals surface area contributed by atoms with Crippen LogP contribution in [0.1, 0.15) is 0 Å². The van der Waals surface area contributed by atoms with Crippen LogP contribution in [0.3, 0.4) is 0 Å². The fourth-order valence-electron chi connectivity index (χ4n) is 2.60. The second-order valence-electron chi connectivity index (χ2n) is 5.95. The Labute approximate surface area is 166 Å². The summed E-state index contributed by atoms with van der Waals surface area (Å²) in [6.07, 6.45) is 4.56. The van der Waals surface area contributed by atoms with E-state index in [0.29, 0.717) is 22.6 Å². The number of anilines is 2. The molecule has 0 aliphatic rings. The molecule has 0 atom stereocenters. The number of hydrogen-bond donors (Lipinski definition) is 2. The minimum atomic E-state index is -3.80. The summed E-state index contributed by atoms with van der Waals surface area (Å²) in [4.78, 5) is 12.0. The number of nitrogens with one attached hydrogen (secondary N) is 1. The van der Waals surface area contributed by atoms with Crippen LogP contribution < -0.4 is 10.5 Å². The molecule has 4 rings (SSSR count). The second kappa shape index (κ2) is 7.60. The molecule has 0 aliphatic carbocycles. The van der Waals surface area contributed by atoms with Crippen LogP contribution in [0.2, 0.25) is 0 Å². The molecule has 4 aromatic rings. The molecule has 0 aliphatic heterocycles. The number of rotatable bonds is 5. The van der Waals surface area contributed by atoms with Gasteiger partial charge >= 0.3 is 0 Å². The fraction of sp³-hybridized carbons (Fsp3) is 0. The standard InChI is InChI=1S/C19H15N7O2S/c20-16-8-9-17(15-3-1-10-21-18(15)16)25-24-13-4-6-14(7-5-13)29(27,28)26-19-22-11-2-12-23-19/h1-12H,20H2,(H,22,23,26). The van der Waals surface area contributed by atoms with Gasteiger partial charge in [-0.05, 0) is 54.6 Å². The van der Waals surface area contributed by atoms with Gasteiger partial charge in [0.05, 0.1) is 27.5 Å². The van der Waals surface area contributed by atoms with Crippen molar-refractivity contribution in [2.75, 3.05) is 10.5 Å². The van der Waals surface area contributed by atoms with Gasteiger partial charge in [0.15, 0.2) is 0 Å². The maximum atomic E-state index is 12.4. The summed E-state index contributed by atoms with van der Waals surface area (Å²) >= 11 is 0. The number of nitrogens with two attached hydrogens (primary N) is 1. The first-order chi connectivity index (χ1) is 14.0. The van der Waals surface area contributed by atoms with Crippen molar-refractivity contribution < 1.29 is 8.42 Å². The first-order valence-corrected chi connectivity index (χ1v) is 9.96. The van der Waals surface area contributed by atoms with Crippen molar-refractivity contribution in [2.45, 2.75) is 4.90 Å². The van der Waals surface area contributed by atoms with Crippen LogP contribution >= 0.6 is 0 Å². The fourth-order valence-corrected chi connectivity index (χ4v) is 3.56. The molecular formula is C19H15N7O2S. The zero-order chi connectivity index (χ0) is 20.3. The molecule has 3 N–H and O–H groups in total. The van der Waals surface area contributed by atoms with E-state index in [1.807, 2.05) is 6.07 Å². The van der Waals surface area contributed by atoms with Gasteiger partial charge in [-0.3, -0.25) is 4.98 Å². The van der Waals surface area contributed by atoms with Crippen LogP contribution in [-0.4, -0.2) is 23.4 Å². The first-order valence-electron chi connectivity index (χ1n) is 8.48. The van der Waals surface area contributed by atoms with Gasteiger partial charge < -0.3 is 5.73 Å². The van der Waals surface area contributed by atoms with E-state index in [4.69, 9.17) is 5.73 Å². The molecule has 0 amide bonds. The van der Waals surface area contributed by atoms with E-state index in [1.54, 1.807) is 42.6 Å². The Hall–Kier alpha value is -3.92. The molecule has 2 aromatic carbocycles. The minimum absolute atomic E-state index is 0.0000947. The number of nitrogens with zero attached hydrogens (tertiary/aromatic N) is 5. The Morgan fingerprint density at radius 2 is 1.55 bits per heavy atom. The number of fused-ring (bicyclic) bond motifs is 1. The van der Waals surface area contributed by atoms with Crippen molar-refractivity contribution >= 4 is 43.9 Å². The summed E-state index contributed by atoms with van der Waals surface area (Å²) in [5.41, 5.74) is 8.26. The van der Waals surface area contributed by atoms with Crippen LogP contribution in [0.25, 0.3) is 10.9 Å². The van der Waals surface area contributed by atoms with E-state index in [1.165, 1.54) is 24.5 Å². The van der Waals surface area contributed by atoms with E-state index in [9.17, 15) is 8.42 Å². The van der Waals surface area contributed by atoms with Crippen molar-refractivity contribution in [1.29, 1.82) is 0 Å². The molecule has 0 saturated heterocycles. The van der Waals surface area contributed by atoms with Crippen molar-refractivity contribution in [3.8, 4) is 0 Å². The number of benzene rings is 2. The molecule has 0 unspecified atom stereocenters. The Morgan fingerprint density at radius 1 is 0.828 bits per heavy atom. The molecule has 29 heavy (non-hydrogen) atoms. The SMILES string of the molecule is Nc1ccc(N=Nc2ccc(S(=O)(=O)Nc3ncccn3)cc2)c2cccnc12. The third-order valence-electron chi connectivity index (χ3n) is 3.99. The molecule has 9 nitrogen and oxygen atoms in total. The zero-order valence-corrected chi connectivity index (χ0v) is 15.8. The maximum Gasteiger partial charge on any atom is 0.264 e. The number of nitrogen functional groups attached to an aromatic ring is 1. The highest BCUT2D eigenvalue weighted by molar-refractivity contribution is 7.92. The van der Waals surface area contributed by atoms with Crippen LogP contribution in [0.4, 0.5) is 23.0 Å². The molecule has 144 valence electrons. The first kappa shape index (κ1) is 18.4. The van der Waals surface area contributed by atoms with Crippen molar-refractivity contribution in [3.63, 3.8) is 0 Å². The number of pyridine rings is 1. The topological polar surface area (TPSA) is 136 Å². The van der Waals surface area contributed by atoms with Crippen LogP contribution in [0.15, 0.2) is 88.3 Å². The number of hydrogen-bond acceptors (Lipinski definition) is 8. The normalized spacial score (nSPS) is 11.7. The molecule has 0 bridgehead atoms. The summed E-state index contributed by atoms with van der Waals surface area (Å²) < 4.78 is 27.1. The lowest BCUT2D eigenvalue weighted by molar-refractivity contribution is 0.601. The summed E-state index contributed by atoms with van der Waals surface area (Å²) in [7, 11) is -3.80. The van der Waals surface area contributed by atoms with E-state index >= 15 is 0 Å². The minimum Gasteiger partial charge on any atom is -0.397 e. The van der Waals surface area contributed by atoms with Crippen molar-refractivity contribution in [1.82, 2.24) is 15.0 Å². The van der Waals surface area contributed by atoms with E-state index < -0.39 is 10.0 Å². The van der Waals surface area contributed by atoms with E-state index in [2.05, 4.69) is 29.9 Å². The average Bonchev–Trinajstić information content (AvgIpc) is 2.74.